The van der Waals surface area contributed by atoms with Crippen LogP contribution in [-0.2, 0) is 19.1 Å². The van der Waals surface area contributed by atoms with E-state index < -0.39 is 21.3 Å². The van der Waals surface area contributed by atoms with Gasteiger partial charge in [-0.05, 0) is 36.7 Å². The first kappa shape index (κ1) is 13.9. The molecule has 2 unspecified atom stereocenters. The second-order valence-electron chi connectivity index (χ2n) is 2.67. The van der Waals surface area contributed by atoms with Crippen molar-refractivity contribution in [2.24, 2.45) is 0 Å². The maximum atomic E-state index is 11.3. The van der Waals surface area contributed by atoms with Gasteiger partial charge < -0.3 is 9.47 Å². The number of carbonyl (C=O) groups excluding carboxylic acids is 2. The van der Waals surface area contributed by atoms with E-state index in [2.05, 4.69) is 31.9 Å². The number of ether oxygens (including phenoxy) is 2. The lowest BCUT2D eigenvalue weighted by Crippen LogP contribution is -2.37. The molecular weight excluding hydrogens is 320 g/mol. The van der Waals surface area contributed by atoms with E-state index >= 15 is 0 Å². The van der Waals surface area contributed by atoms with Crippen LogP contribution in [0.5, 0.6) is 0 Å². The van der Waals surface area contributed by atoms with Gasteiger partial charge in [0.05, 0.1) is 6.61 Å². The molecule has 0 aliphatic rings. The fourth-order valence-corrected chi connectivity index (χ4v) is 0.939. The van der Waals surface area contributed by atoms with Crippen molar-refractivity contribution in [1.29, 1.82) is 0 Å². The van der Waals surface area contributed by atoms with E-state index in [4.69, 9.17) is 9.47 Å². The molecule has 0 rings (SSSR count). The highest BCUT2D eigenvalue weighted by atomic mass is 79.9. The molecule has 14 heavy (non-hydrogen) atoms. The van der Waals surface area contributed by atoms with Crippen LogP contribution in [0.2, 0.25) is 0 Å². The molecule has 0 aromatic heterocycles. The topological polar surface area (TPSA) is 52.6 Å². The van der Waals surface area contributed by atoms with Gasteiger partial charge >= 0.3 is 11.9 Å². The van der Waals surface area contributed by atoms with Gasteiger partial charge in [0.1, 0.15) is 4.83 Å². The predicted molar refractivity (Wildman–Crippen MR) is 58.4 cm³/mol. The van der Waals surface area contributed by atoms with Crippen LogP contribution in [0.25, 0.3) is 0 Å². The number of carbonyl (C=O) groups is 2. The van der Waals surface area contributed by atoms with E-state index in [1.165, 1.54) is 6.92 Å². The third-order valence-corrected chi connectivity index (χ3v) is 2.12. The molecule has 0 aromatic rings. The van der Waals surface area contributed by atoms with Gasteiger partial charge in [0.15, 0.2) is 0 Å². The van der Waals surface area contributed by atoms with Gasteiger partial charge in [-0.25, -0.2) is 4.79 Å². The van der Waals surface area contributed by atoms with Crippen molar-refractivity contribution >= 4 is 43.8 Å². The Bertz CT molecular complexity index is 225. The number of alkyl halides is 2. The first-order valence-electron chi connectivity index (χ1n) is 4.04. The molecule has 0 aromatic carbocycles. The molecule has 0 radical (unpaired) electrons. The normalized spacial score (nSPS) is 16.6. The summed E-state index contributed by atoms with van der Waals surface area (Å²) in [7, 11) is 0. The van der Waals surface area contributed by atoms with Crippen LogP contribution in [-0.4, -0.2) is 27.9 Å². The monoisotopic (exact) mass is 330 g/mol. The first-order valence-corrected chi connectivity index (χ1v) is 5.75. The summed E-state index contributed by atoms with van der Waals surface area (Å²) in [6, 6.07) is 0. The Morgan fingerprint density at radius 3 is 2.36 bits per heavy atom. The number of esters is 2. The largest absolute Gasteiger partial charge is 0.462 e. The van der Waals surface area contributed by atoms with Crippen LogP contribution in [0, 0.1) is 0 Å². The van der Waals surface area contributed by atoms with Crippen molar-refractivity contribution in [2.45, 2.75) is 30.1 Å². The van der Waals surface area contributed by atoms with Crippen LogP contribution in [0.15, 0.2) is 0 Å². The highest BCUT2D eigenvalue weighted by Gasteiger charge is 2.36. The predicted octanol–water partition coefficient (Wildman–Crippen LogP) is 1.99. The van der Waals surface area contributed by atoms with Crippen molar-refractivity contribution in [2.75, 3.05) is 6.61 Å². The SMILES string of the molecule is CCOC(=O)C(C)(Br)OC(=O)C(C)Br. The molecule has 4 nitrogen and oxygen atoms in total. The van der Waals surface area contributed by atoms with Crippen LogP contribution < -0.4 is 0 Å². The van der Waals surface area contributed by atoms with E-state index in [1.807, 2.05) is 0 Å². The average molecular weight is 332 g/mol. The second-order valence-corrected chi connectivity index (χ2v) is 5.56. The van der Waals surface area contributed by atoms with Gasteiger partial charge in [-0.15, -0.1) is 0 Å². The molecule has 0 saturated heterocycles. The fourth-order valence-electron chi connectivity index (χ4n) is 0.572. The second kappa shape index (κ2) is 5.70. The van der Waals surface area contributed by atoms with Gasteiger partial charge in [0.2, 0.25) is 0 Å². The van der Waals surface area contributed by atoms with E-state index in [-0.39, 0.29) is 6.61 Å². The molecule has 0 fully saturated rings. The van der Waals surface area contributed by atoms with Gasteiger partial charge in [-0.3, -0.25) is 4.79 Å². The summed E-state index contributed by atoms with van der Waals surface area (Å²) in [6.07, 6.45) is 0. The molecule has 0 bridgehead atoms. The molecule has 0 heterocycles. The van der Waals surface area contributed by atoms with Crippen molar-refractivity contribution in [1.82, 2.24) is 0 Å². The van der Waals surface area contributed by atoms with E-state index in [0.29, 0.717) is 0 Å². The van der Waals surface area contributed by atoms with Gasteiger partial charge in [-0.1, -0.05) is 15.9 Å². The standard InChI is InChI=1S/C8H12Br2O4/c1-4-13-7(12)8(3,10)14-6(11)5(2)9/h5H,4H2,1-3H3. The third-order valence-electron chi connectivity index (χ3n) is 1.26. The molecule has 82 valence electrons. The molecular formula is C8H12Br2O4. The van der Waals surface area contributed by atoms with E-state index in [1.54, 1.807) is 13.8 Å². The lowest BCUT2D eigenvalue weighted by molar-refractivity contribution is -0.168. The highest BCUT2D eigenvalue weighted by Crippen LogP contribution is 2.22. The molecule has 0 N–H and O–H groups in total. The fraction of sp³-hybridized carbons (Fsp3) is 0.750. The lowest BCUT2D eigenvalue weighted by Gasteiger charge is -2.21. The van der Waals surface area contributed by atoms with Gasteiger partial charge in [0, 0.05) is 0 Å². The third kappa shape index (κ3) is 4.41. The van der Waals surface area contributed by atoms with E-state index in [9.17, 15) is 9.59 Å². The Labute approximate surface area is 99.6 Å². The summed E-state index contributed by atoms with van der Waals surface area (Å²) in [5, 5.41) is 0. The number of hydrogen-bond donors (Lipinski definition) is 0. The van der Waals surface area contributed by atoms with Crippen LogP contribution in [0.3, 0.4) is 0 Å². The van der Waals surface area contributed by atoms with Gasteiger partial charge in [0.25, 0.3) is 4.51 Å². The summed E-state index contributed by atoms with van der Waals surface area (Å²) in [5.41, 5.74) is 0. The Morgan fingerprint density at radius 2 is 2.00 bits per heavy atom. The zero-order chi connectivity index (χ0) is 11.4. The molecule has 0 spiro atoms. The zero-order valence-electron chi connectivity index (χ0n) is 8.17. The van der Waals surface area contributed by atoms with Crippen molar-refractivity contribution < 1.29 is 19.1 Å². The Balaban J connectivity index is 4.33. The summed E-state index contributed by atoms with van der Waals surface area (Å²) < 4.78 is 8.16. The summed E-state index contributed by atoms with van der Waals surface area (Å²) in [4.78, 5) is 22.0. The minimum Gasteiger partial charge on any atom is -0.462 e. The van der Waals surface area contributed by atoms with Crippen LogP contribution in [0.4, 0.5) is 0 Å². The average Bonchev–Trinajstić information content (AvgIpc) is 2.03. The van der Waals surface area contributed by atoms with Crippen molar-refractivity contribution in [3.05, 3.63) is 0 Å². The van der Waals surface area contributed by atoms with Crippen LogP contribution in [0.1, 0.15) is 20.8 Å². The Morgan fingerprint density at radius 1 is 1.50 bits per heavy atom. The molecule has 0 aliphatic carbocycles. The summed E-state index contributed by atoms with van der Waals surface area (Å²) in [6.45, 7) is 4.94. The zero-order valence-corrected chi connectivity index (χ0v) is 11.3. The maximum Gasteiger partial charge on any atom is 0.361 e. The smallest absolute Gasteiger partial charge is 0.361 e. The minimum atomic E-state index is -1.41. The summed E-state index contributed by atoms with van der Waals surface area (Å²) >= 11 is 6.01. The molecule has 0 saturated carbocycles. The summed E-state index contributed by atoms with van der Waals surface area (Å²) in [5.74, 6) is -1.15. The molecule has 0 aliphatic heterocycles. The highest BCUT2D eigenvalue weighted by molar-refractivity contribution is 9.10. The molecule has 2 atom stereocenters. The number of hydrogen-bond acceptors (Lipinski definition) is 4. The Kier molecular flexibility index (Phi) is 5.66. The van der Waals surface area contributed by atoms with Crippen LogP contribution >= 0.6 is 31.9 Å². The quantitative estimate of drug-likeness (QED) is 0.584. The van der Waals surface area contributed by atoms with Crippen molar-refractivity contribution in [3.8, 4) is 0 Å². The number of rotatable bonds is 4. The lowest BCUT2D eigenvalue weighted by atomic mass is 10.4. The minimum absolute atomic E-state index is 0.238. The first-order chi connectivity index (χ1) is 6.31. The number of halogens is 2. The molecule has 6 heteroatoms. The van der Waals surface area contributed by atoms with E-state index in [0.717, 1.165) is 0 Å². The van der Waals surface area contributed by atoms with Gasteiger partial charge in [-0.2, -0.15) is 0 Å². The molecule has 0 amide bonds. The Hall–Kier alpha value is -0.100. The maximum absolute atomic E-state index is 11.3. The van der Waals surface area contributed by atoms with Crippen molar-refractivity contribution in [3.63, 3.8) is 0 Å².